The third-order valence-corrected chi connectivity index (χ3v) is 6.97. The van der Waals surface area contributed by atoms with Gasteiger partial charge in [0.25, 0.3) is 0 Å². The summed E-state index contributed by atoms with van der Waals surface area (Å²) < 4.78 is 7.18. The Labute approximate surface area is 233 Å². The summed E-state index contributed by atoms with van der Waals surface area (Å²) >= 11 is 0. The number of rotatable bonds is 9. The van der Waals surface area contributed by atoms with Crippen LogP contribution in [0, 0.1) is 0 Å². The molecule has 0 saturated heterocycles. The van der Waals surface area contributed by atoms with Gasteiger partial charge in [-0.1, -0.05) is 115 Å². The van der Waals surface area contributed by atoms with Gasteiger partial charge in [0, 0.05) is 17.5 Å². The van der Waals surface area contributed by atoms with Gasteiger partial charge in [-0.3, -0.25) is 4.99 Å². The van der Waals surface area contributed by atoms with Crippen molar-refractivity contribution in [3.8, 4) is 5.75 Å². The second-order valence-electron chi connectivity index (χ2n) is 9.65. The highest BCUT2D eigenvalue weighted by atomic mass is 16.5. The molecule has 1 atom stereocenters. The molecular weight excluding hydrogens is 494 g/mol. The minimum Gasteiger partial charge on any atom is -0.497 e. The SMILES string of the molecule is COc1ccc(Cn2nnnc2C(Cc2ccc3ccccc3c2)N=C(c2ccccc2)c2ccccc2)cc1. The number of tetrazole rings is 1. The Morgan fingerprint density at radius 2 is 1.35 bits per heavy atom. The Bertz CT molecular complexity index is 1690. The van der Waals surface area contributed by atoms with Crippen LogP contribution in [0.1, 0.15) is 34.1 Å². The fourth-order valence-corrected chi connectivity index (χ4v) is 4.91. The zero-order valence-corrected chi connectivity index (χ0v) is 22.3. The summed E-state index contributed by atoms with van der Waals surface area (Å²) in [5.74, 6) is 1.53. The lowest BCUT2D eigenvalue weighted by Gasteiger charge is -2.17. The van der Waals surface area contributed by atoms with Gasteiger partial charge >= 0.3 is 0 Å². The molecule has 40 heavy (non-hydrogen) atoms. The molecule has 6 aromatic rings. The molecule has 0 N–H and O–H groups in total. The van der Waals surface area contributed by atoms with Crippen molar-refractivity contribution in [1.29, 1.82) is 0 Å². The van der Waals surface area contributed by atoms with Gasteiger partial charge in [0.1, 0.15) is 11.8 Å². The molecule has 196 valence electrons. The summed E-state index contributed by atoms with van der Waals surface area (Å²) in [7, 11) is 1.67. The standard InChI is InChI=1S/C34H29N5O/c1-40-31-20-17-25(18-21-31)24-39-34(36-37-38-39)32(23-26-16-19-27-10-8-9-15-30(27)22-26)35-33(28-11-4-2-5-12-28)29-13-6-3-7-14-29/h2-22,32H,23-24H2,1H3. The minimum atomic E-state index is -0.315. The number of methoxy groups -OCH3 is 1. The van der Waals surface area contributed by atoms with Gasteiger partial charge in [0.15, 0.2) is 5.82 Å². The Hall–Kier alpha value is -5.10. The smallest absolute Gasteiger partial charge is 0.176 e. The molecule has 0 radical (unpaired) electrons. The predicted molar refractivity (Wildman–Crippen MR) is 159 cm³/mol. The van der Waals surface area contributed by atoms with Crippen LogP contribution >= 0.6 is 0 Å². The van der Waals surface area contributed by atoms with E-state index in [-0.39, 0.29) is 6.04 Å². The van der Waals surface area contributed by atoms with Crippen LogP contribution < -0.4 is 4.74 Å². The average molecular weight is 524 g/mol. The summed E-state index contributed by atoms with van der Waals surface area (Å²) in [4.78, 5) is 5.40. The van der Waals surface area contributed by atoms with E-state index in [9.17, 15) is 0 Å². The van der Waals surface area contributed by atoms with Gasteiger partial charge in [-0.05, 0) is 44.5 Å². The number of hydrogen-bond donors (Lipinski definition) is 0. The lowest BCUT2D eigenvalue weighted by atomic mass is 9.99. The maximum absolute atomic E-state index is 5.40. The van der Waals surface area contributed by atoms with Gasteiger partial charge < -0.3 is 4.74 Å². The molecule has 0 fully saturated rings. The summed E-state index contributed by atoms with van der Waals surface area (Å²) in [6.45, 7) is 0.530. The molecule has 0 aliphatic carbocycles. The van der Waals surface area contributed by atoms with Crippen molar-refractivity contribution in [2.24, 2.45) is 4.99 Å². The Balaban J connectivity index is 1.44. The maximum Gasteiger partial charge on any atom is 0.176 e. The van der Waals surface area contributed by atoms with Crippen molar-refractivity contribution in [2.75, 3.05) is 7.11 Å². The van der Waals surface area contributed by atoms with Crippen molar-refractivity contribution < 1.29 is 4.74 Å². The van der Waals surface area contributed by atoms with Crippen molar-refractivity contribution in [2.45, 2.75) is 19.0 Å². The van der Waals surface area contributed by atoms with Crippen molar-refractivity contribution in [1.82, 2.24) is 20.2 Å². The van der Waals surface area contributed by atoms with Crippen LogP contribution in [-0.2, 0) is 13.0 Å². The molecule has 0 aliphatic heterocycles. The summed E-state index contributed by atoms with van der Waals surface area (Å²) in [5, 5.41) is 15.4. The molecule has 6 heteroatoms. The summed E-state index contributed by atoms with van der Waals surface area (Å²) in [6.07, 6.45) is 0.650. The number of nitrogens with zero attached hydrogens (tertiary/aromatic N) is 5. The van der Waals surface area contributed by atoms with Crippen LogP contribution in [0.5, 0.6) is 5.75 Å². The number of aliphatic imine (C=N–C) groups is 1. The summed E-state index contributed by atoms with van der Waals surface area (Å²) in [6, 6.07) is 43.2. The molecule has 0 spiro atoms. The molecule has 6 nitrogen and oxygen atoms in total. The zero-order chi connectivity index (χ0) is 27.1. The average Bonchev–Trinajstić information content (AvgIpc) is 3.48. The van der Waals surface area contributed by atoms with Gasteiger partial charge in [-0.2, -0.15) is 0 Å². The first-order valence-corrected chi connectivity index (χ1v) is 13.3. The van der Waals surface area contributed by atoms with E-state index >= 15 is 0 Å². The zero-order valence-electron chi connectivity index (χ0n) is 22.3. The second-order valence-corrected chi connectivity index (χ2v) is 9.65. The number of fused-ring (bicyclic) bond motifs is 1. The molecule has 0 aliphatic rings. The number of benzene rings is 5. The van der Waals surface area contributed by atoms with Crippen LogP contribution in [-0.4, -0.2) is 33.0 Å². The van der Waals surface area contributed by atoms with Crippen LogP contribution in [0.15, 0.2) is 132 Å². The third-order valence-electron chi connectivity index (χ3n) is 6.97. The quantitative estimate of drug-likeness (QED) is 0.198. The molecule has 5 aromatic carbocycles. The van der Waals surface area contributed by atoms with Crippen LogP contribution in [0.2, 0.25) is 0 Å². The predicted octanol–water partition coefficient (Wildman–Crippen LogP) is 6.70. The third kappa shape index (κ3) is 5.66. The first-order valence-electron chi connectivity index (χ1n) is 13.3. The Kier molecular flexibility index (Phi) is 7.40. The highest BCUT2D eigenvalue weighted by molar-refractivity contribution is 6.13. The highest BCUT2D eigenvalue weighted by Crippen LogP contribution is 2.26. The van der Waals surface area contributed by atoms with E-state index < -0.39 is 0 Å². The molecule has 1 unspecified atom stereocenters. The van der Waals surface area contributed by atoms with E-state index in [1.54, 1.807) is 7.11 Å². The lowest BCUT2D eigenvalue weighted by Crippen LogP contribution is -2.15. The number of ether oxygens (including phenoxy) is 1. The van der Waals surface area contributed by atoms with E-state index in [1.807, 2.05) is 65.3 Å². The largest absolute Gasteiger partial charge is 0.497 e. The fraction of sp³-hybridized carbons (Fsp3) is 0.118. The fourth-order valence-electron chi connectivity index (χ4n) is 4.91. The van der Waals surface area contributed by atoms with Gasteiger partial charge in [-0.15, -0.1) is 5.10 Å². The number of aromatic nitrogens is 4. The van der Waals surface area contributed by atoms with Gasteiger partial charge in [0.2, 0.25) is 0 Å². The van der Waals surface area contributed by atoms with Gasteiger partial charge in [0.05, 0.1) is 19.4 Å². The van der Waals surface area contributed by atoms with Crippen LogP contribution in [0.4, 0.5) is 0 Å². The van der Waals surface area contributed by atoms with E-state index in [1.165, 1.54) is 16.3 Å². The second kappa shape index (κ2) is 11.7. The monoisotopic (exact) mass is 523 g/mol. The molecule has 6 rings (SSSR count). The van der Waals surface area contributed by atoms with Gasteiger partial charge in [-0.25, -0.2) is 4.68 Å². The Morgan fingerprint density at radius 3 is 2.02 bits per heavy atom. The lowest BCUT2D eigenvalue weighted by molar-refractivity contribution is 0.414. The van der Waals surface area contributed by atoms with E-state index in [2.05, 4.69) is 82.3 Å². The first kappa shape index (κ1) is 25.2. The van der Waals surface area contributed by atoms with E-state index in [4.69, 9.17) is 9.73 Å². The minimum absolute atomic E-state index is 0.315. The van der Waals surface area contributed by atoms with Crippen LogP contribution in [0.25, 0.3) is 10.8 Å². The van der Waals surface area contributed by atoms with Crippen molar-refractivity contribution in [3.05, 3.63) is 155 Å². The van der Waals surface area contributed by atoms with Crippen LogP contribution in [0.3, 0.4) is 0 Å². The molecule has 1 aromatic heterocycles. The first-order chi connectivity index (χ1) is 19.8. The number of hydrogen-bond acceptors (Lipinski definition) is 5. The summed E-state index contributed by atoms with van der Waals surface area (Å²) in [5.41, 5.74) is 5.25. The molecular formula is C34H29N5O. The van der Waals surface area contributed by atoms with E-state index in [0.717, 1.165) is 28.2 Å². The van der Waals surface area contributed by atoms with Crippen molar-refractivity contribution in [3.63, 3.8) is 0 Å². The van der Waals surface area contributed by atoms with E-state index in [0.29, 0.717) is 18.8 Å². The molecule has 0 bridgehead atoms. The Morgan fingerprint density at radius 1 is 0.725 bits per heavy atom. The molecule has 0 amide bonds. The maximum atomic E-state index is 5.40. The topological polar surface area (TPSA) is 65.2 Å². The molecule has 1 heterocycles. The highest BCUT2D eigenvalue weighted by Gasteiger charge is 2.22. The van der Waals surface area contributed by atoms with Crippen molar-refractivity contribution >= 4 is 16.5 Å². The normalized spacial score (nSPS) is 11.7. The molecule has 0 saturated carbocycles.